The minimum absolute atomic E-state index is 0.158. The molecule has 3 rings (SSSR count). The van der Waals surface area contributed by atoms with Crippen LogP contribution in [0.15, 0.2) is 42.5 Å². The van der Waals surface area contributed by atoms with Gasteiger partial charge in [-0.15, -0.1) is 0 Å². The lowest BCUT2D eigenvalue weighted by Gasteiger charge is -2.30. The quantitative estimate of drug-likeness (QED) is 0.497. The van der Waals surface area contributed by atoms with Crippen molar-refractivity contribution in [2.24, 2.45) is 0 Å². The van der Waals surface area contributed by atoms with Crippen LogP contribution in [-0.4, -0.2) is 11.5 Å². The molecular formula is C15H13IN2O2. The topological polar surface area (TPSA) is 55.2 Å². The number of hydrogen-bond acceptors (Lipinski definition) is 3. The van der Waals surface area contributed by atoms with E-state index in [-0.39, 0.29) is 10.6 Å². The first-order valence-electron chi connectivity index (χ1n) is 6.41. The fraction of sp³-hybridized carbons (Fsp3) is 0.200. The molecule has 0 radical (unpaired) electrons. The molecule has 20 heavy (non-hydrogen) atoms. The van der Waals surface area contributed by atoms with E-state index in [1.165, 1.54) is 11.1 Å². The van der Waals surface area contributed by atoms with Crippen LogP contribution in [0, 0.1) is 13.7 Å². The second-order valence-corrected chi connectivity index (χ2v) is 6.07. The third-order valence-corrected chi connectivity index (χ3v) is 4.52. The van der Waals surface area contributed by atoms with E-state index in [9.17, 15) is 10.1 Å². The summed E-state index contributed by atoms with van der Waals surface area (Å²) in [5, 5.41) is 14.1. The second kappa shape index (κ2) is 5.40. The van der Waals surface area contributed by atoms with Gasteiger partial charge in [0.05, 0.1) is 8.49 Å². The van der Waals surface area contributed by atoms with Crippen LogP contribution in [0.3, 0.4) is 0 Å². The Morgan fingerprint density at radius 1 is 1.30 bits per heavy atom. The van der Waals surface area contributed by atoms with Gasteiger partial charge in [-0.05, 0) is 52.3 Å². The van der Waals surface area contributed by atoms with Crippen LogP contribution in [-0.2, 0) is 6.42 Å². The van der Waals surface area contributed by atoms with Gasteiger partial charge in [0.25, 0.3) is 5.69 Å². The largest absolute Gasteiger partial charge is 0.384 e. The van der Waals surface area contributed by atoms with Crippen molar-refractivity contribution in [2.75, 3.05) is 11.9 Å². The number of nitrogens with zero attached hydrogens (tertiary/aromatic N) is 1. The van der Waals surface area contributed by atoms with E-state index in [1.54, 1.807) is 12.1 Å². The Morgan fingerprint density at radius 2 is 2.10 bits per heavy atom. The van der Waals surface area contributed by atoms with Gasteiger partial charge in [-0.1, -0.05) is 24.3 Å². The molecule has 0 saturated heterocycles. The van der Waals surface area contributed by atoms with Crippen molar-refractivity contribution in [3.05, 3.63) is 67.3 Å². The van der Waals surface area contributed by atoms with Crippen LogP contribution in [0.25, 0.3) is 0 Å². The van der Waals surface area contributed by atoms with Gasteiger partial charge >= 0.3 is 0 Å². The number of rotatable bonds is 4. The molecule has 4 nitrogen and oxygen atoms in total. The first kappa shape index (κ1) is 13.4. The van der Waals surface area contributed by atoms with Crippen LogP contribution >= 0.6 is 22.6 Å². The molecule has 0 amide bonds. The monoisotopic (exact) mass is 380 g/mol. The van der Waals surface area contributed by atoms with Crippen molar-refractivity contribution in [2.45, 2.75) is 12.3 Å². The van der Waals surface area contributed by atoms with Crippen molar-refractivity contribution in [3.8, 4) is 0 Å². The summed E-state index contributed by atoms with van der Waals surface area (Å²) < 4.78 is 0.659. The summed E-state index contributed by atoms with van der Waals surface area (Å²) in [5.41, 5.74) is 3.93. The Labute approximate surface area is 130 Å². The van der Waals surface area contributed by atoms with Crippen LogP contribution in [0.1, 0.15) is 17.0 Å². The van der Waals surface area contributed by atoms with Gasteiger partial charge in [-0.2, -0.15) is 0 Å². The highest BCUT2D eigenvalue weighted by Gasteiger charge is 2.24. The van der Waals surface area contributed by atoms with E-state index < -0.39 is 0 Å². The lowest BCUT2D eigenvalue weighted by atomic mass is 9.77. The molecular weight excluding hydrogens is 367 g/mol. The van der Waals surface area contributed by atoms with E-state index in [0.717, 1.165) is 18.7 Å². The molecule has 1 unspecified atom stereocenters. The SMILES string of the molecule is O=[N+]([O-])c1ccc(NCC2Cc3ccccc32)cc1I. The van der Waals surface area contributed by atoms with Gasteiger partial charge in [0.15, 0.2) is 0 Å². The van der Waals surface area contributed by atoms with Crippen LogP contribution in [0.2, 0.25) is 0 Å². The summed E-state index contributed by atoms with van der Waals surface area (Å²) in [6.07, 6.45) is 1.10. The number of hydrogen-bond donors (Lipinski definition) is 1. The molecule has 2 aromatic rings. The normalized spacial score (nSPS) is 16.1. The molecule has 0 saturated carbocycles. The zero-order valence-corrected chi connectivity index (χ0v) is 12.8. The minimum Gasteiger partial charge on any atom is -0.384 e. The Balaban J connectivity index is 1.66. The summed E-state index contributed by atoms with van der Waals surface area (Å²) >= 11 is 2.00. The Kier molecular flexibility index (Phi) is 3.60. The number of nitro benzene ring substituents is 1. The Morgan fingerprint density at radius 3 is 2.80 bits per heavy atom. The molecule has 1 atom stereocenters. The summed E-state index contributed by atoms with van der Waals surface area (Å²) in [4.78, 5) is 10.4. The van der Waals surface area contributed by atoms with Gasteiger partial charge in [0, 0.05) is 24.2 Å². The predicted octanol–water partition coefficient (Wildman–Crippen LogP) is 3.95. The van der Waals surface area contributed by atoms with Crippen molar-refractivity contribution in [1.29, 1.82) is 0 Å². The molecule has 0 spiro atoms. The van der Waals surface area contributed by atoms with Crippen molar-refractivity contribution in [3.63, 3.8) is 0 Å². The standard InChI is InChI=1S/C15H13IN2O2/c16-14-8-12(5-6-15(14)18(19)20)17-9-11-7-10-3-1-2-4-13(10)11/h1-6,8,11,17H,7,9H2. The van der Waals surface area contributed by atoms with E-state index in [0.29, 0.717) is 9.49 Å². The molecule has 102 valence electrons. The number of benzene rings is 2. The summed E-state index contributed by atoms with van der Waals surface area (Å²) in [6.45, 7) is 0.866. The van der Waals surface area contributed by atoms with Gasteiger partial charge in [-0.25, -0.2) is 0 Å². The molecule has 0 fully saturated rings. The average molecular weight is 380 g/mol. The smallest absolute Gasteiger partial charge is 0.282 e. The highest BCUT2D eigenvalue weighted by Crippen LogP contribution is 2.35. The fourth-order valence-electron chi connectivity index (χ4n) is 2.55. The zero-order valence-electron chi connectivity index (χ0n) is 10.7. The second-order valence-electron chi connectivity index (χ2n) is 4.90. The lowest BCUT2D eigenvalue weighted by molar-refractivity contribution is -0.385. The number of nitrogens with one attached hydrogen (secondary N) is 1. The molecule has 5 heteroatoms. The summed E-state index contributed by atoms with van der Waals surface area (Å²) in [6, 6.07) is 13.6. The highest BCUT2D eigenvalue weighted by atomic mass is 127. The maximum absolute atomic E-state index is 10.8. The van der Waals surface area contributed by atoms with E-state index >= 15 is 0 Å². The van der Waals surface area contributed by atoms with Crippen molar-refractivity contribution < 1.29 is 4.92 Å². The van der Waals surface area contributed by atoms with E-state index in [2.05, 4.69) is 29.6 Å². The predicted molar refractivity (Wildman–Crippen MR) is 87.2 cm³/mol. The number of halogens is 1. The number of anilines is 1. The maximum Gasteiger partial charge on any atom is 0.282 e. The molecule has 0 heterocycles. The molecule has 2 aromatic carbocycles. The zero-order chi connectivity index (χ0) is 14.1. The van der Waals surface area contributed by atoms with E-state index in [4.69, 9.17) is 0 Å². The number of fused-ring (bicyclic) bond motifs is 1. The summed E-state index contributed by atoms with van der Waals surface area (Å²) in [7, 11) is 0. The molecule has 0 bridgehead atoms. The molecule has 1 N–H and O–H groups in total. The Hall–Kier alpha value is -1.63. The van der Waals surface area contributed by atoms with Crippen LogP contribution < -0.4 is 5.32 Å². The molecule has 0 aliphatic heterocycles. The van der Waals surface area contributed by atoms with Gasteiger partial charge in [0.2, 0.25) is 0 Å². The average Bonchev–Trinajstić information content (AvgIpc) is 2.39. The van der Waals surface area contributed by atoms with Crippen LogP contribution in [0.4, 0.5) is 11.4 Å². The molecule has 1 aliphatic carbocycles. The van der Waals surface area contributed by atoms with Crippen molar-refractivity contribution >= 4 is 34.0 Å². The first-order valence-corrected chi connectivity index (χ1v) is 7.48. The Bertz CT molecular complexity index is 673. The van der Waals surface area contributed by atoms with Crippen LogP contribution in [0.5, 0.6) is 0 Å². The van der Waals surface area contributed by atoms with Gasteiger partial charge in [-0.3, -0.25) is 10.1 Å². The van der Waals surface area contributed by atoms with Gasteiger partial charge in [0.1, 0.15) is 0 Å². The summed E-state index contributed by atoms with van der Waals surface area (Å²) in [5.74, 6) is 0.541. The third-order valence-electron chi connectivity index (χ3n) is 3.66. The minimum atomic E-state index is -0.353. The van der Waals surface area contributed by atoms with Gasteiger partial charge < -0.3 is 5.32 Å². The lowest BCUT2D eigenvalue weighted by Crippen LogP contribution is -2.24. The fourth-order valence-corrected chi connectivity index (χ4v) is 3.26. The van der Waals surface area contributed by atoms with E-state index in [1.807, 2.05) is 28.7 Å². The maximum atomic E-state index is 10.8. The highest BCUT2D eigenvalue weighted by molar-refractivity contribution is 14.1. The molecule has 0 aromatic heterocycles. The molecule has 1 aliphatic rings. The van der Waals surface area contributed by atoms with Crippen molar-refractivity contribution in [1.82, 2.24) is 0 Å². The first-order chi connectivity index (χ1) is 9.65. The third kappa shape index (κ3) is 2.49. The number of nitro groups is 1.